The number of nitrogens with one attached hydrogen (secondary N) is 4. The number of H-pyrrole nitrogens is 1. The number of nitro benzene ring substituents is 1. The first kappa shape index (κ1) is 42.2. The van der Waals surface area contributed by atoms with Crippen molar-refractivity contribution in [1.82, 2.24) is 20.0 Å². The van der Waals surface area contributed by atoms with Gasteiger partial charge in [-0.05, 0) is 110 Å². The minimum Gasteiger partial charge on any atom is -0.455 e. The Morgan fingerprint density at radius 1 is 1.08 bits per heavy atom. The summed E-state index contributed by atoms with van der Waals surface area (Å²) in [5.41, 5.74) is 5.31. The van der Waals surface area contributed by atoms with E-state index < -0.39 is 31.4 Å². The number of fused-ring (bicyclic) bond motifs is 1. The molecule has 320 valence electrons. The number of halogens is 1. The first-order chi connectivity index (χ1) is 29.3. The van der Waals surface area contributed by atoms with Crippen molar-refractivity contribution in [2.75, 3.05) is 49.6 Å². The van der Waals surface area contributed by atoms with Gasteiger partial charge < -0.3 is 30.0 Å². The van der Waals surface area contributed by atoms with Gasteiger partial charge >= 0.3 is 0 Å². The highest BCUT2D eigenvalue weighted by atomic mass is 35.5. The fourth-order valence-electron chi connectivity index (χ4n) is 8.57. The Balaban J connectivity index is 1.09. The van der Waals surface area contributed by atoms with Crippen molar-refractivity contribution in [3.05, 3.63) is 117 Å². The number of aromatic amines is 1. The zero-order valence-corrected chi connectivity index (χ0v) is 35.8. The molecule has 8 rings (SSSR count). The van der Waals surface area contributed by atoms with Crippen LogP contribution in [0.3, 0.4) is 0 Å². The van der Waals surface area contributed by atoms with Crippen molar-refractivity contribution in [3.63, 3.8) is 0 Å². The van der Waals surface area contributed by atoms with Gasteiger partial charge in [-0.25, -0.2) is 18.1 Å². The van der Waals surface area contributed by atoms with Crippen molar-refractivity contribution < 1.29 is 27.6 Å². The van der Waals surface area contributed by atoms with Crippen LogP contribution in [0.25, 0.3) is 16.6 Å². The minimum atomic E-state index is -4.57. The number of aromatic nitrogens is 2. The Kier molecular flexibility index (Phi) is 12.4. The highest BCUT2D eigenvalue weighted by Crippen LogP contribution is 2.45. The van der Waals surface area contributed by atoms with Crippen molar-refractivity contribution in [2.45, 2.75) is 63.3 Å². The van der Waals surface area contributed by atoms with Gasteiger partial charge in [-0.3, -0.25) is 14.9 Å². The van der Waals surface area contributed by atoms with E-state index in [0.29, 0.717) is 42.7 Å². The van der Waals surface area contributed by atoms with E-state index in [1.165, 1.54) is 35.0 Å². The largest absolute Gasteiger partial charge is 0.455 e. The van der Waals surface area contributed by atoms with Gasteiger partial charge in [0.1, 0.15) is 22.8 Å². The molecule has 0 saturated carbocycles. The van der Waals surface area contributed by atoms with Crippen molar-refractivity contribution in [2.24, 2.45) is 11.3 Å². The zero-order chi connectivity index (χ0) is 42.7. The molecule has 14 nitrogen and oxygen atoms in total. The van der Waals surface area contributed by atoms with E-state index in [1.54, 1.807) is 24.4 Å². The molecule has 5 aromatic rings. The molecule has 3 aromatic carbocycles. The second kappa shape index (κ2) is 17.9. The predicted octanol–water partition coefficient (Wildman–Crippen LogP) is 8.71. The Hall–Kier alpha value is -5.48. The van der Waals surface area contributed by atoms with E-state index in [0.717, 1.165) is 68.8 Å². The molecule has 16 heteroatoms. The van der Waals surface area contributed by atoms with Gasteiger partial charge in [0.05, 0.1) is 21.6 Å². The van der Waals surface area contributed by atoms with Crippen LogP contribution in [0.5, 0.6) is 11.5 Å². The predicted molar refractivity (Wildman–Crippen MR) is 237 cm³/mol. The van der Waals surface area contributed by atoms with Gasteiger partial charge in [-0.1, -0.05) is 43.2 Å². The Morgan fingerprint density at radius 3 is 2.67 bits per heavy atom. The van der Waals surface area contributed by atoms with Crippen LogP contribution >= 0.6 is 11.6 Å². The number of rotatable bonds is 13. The van der Waals surface area contributed by atoms with Gasteiger partial charge in [-0.15, -0.1) is 0 Å². The number of pyridine rings is 1. The molecule has 0 bridgehead atoms. The molecule has 1 amide bonds. The third-order valence-corrected chi connectivity index (χ3v) is 13.6. The monoisotopic (exact) mass is 867 g/mol. The van der Waals surface area contributed by atoms with Crippen LogP contribution in [0.4, 0.5) is 17.1 Å². The van der Waals surface area contributed by atoms with Gasteiger partial charge in [-0.2, -0.15) is 0 Å². The van der Waals surface area contributed by atoms with E-state index in [9.17, 15) is 23.3 Å². The van der Waals surface area contributed by atoms with E-state index in [2.05, 4.69) is 56.2 Å². The number of ether oxygens (including phenoxy) is 2. The molecule has 1 aliphatic carbocycles. The highest BCUT2D eigenvalue weighted by Gasteiger charge is 2.32. The second-order valence-corrected chi connectivity index (χ2v) is 19.0. The Morgan fingerprint density at radius 2 is 1.89 bits per heavy atom. The molecule has 1 atom stereocenters. The maximum Gasteiger partial charge on any atom is 0.293 e. The second-order valence-electron chi connectivity index (χ2n) is 16.9. The lowest BCUT2D eigenvalue weighted by atomic mass is 9.71. The number of nitrogens with zero attached hydrogens (tertiary/aromatic N) is 3. The van der Waals surface area contributed by atoms with Gasteiger partial charge in [0.2, 0.25) is 0 Å². The number of anilines is 2. The summed E-state index contributed by atoms with van der Waals surface area (Å²) in [5, 5.41) is 20.3. The summed E-state index contributed by atoms with van der Waals surface area (Å²) in [7, 11) is -4.57. The fraction of sp³-hybridized carbons (Fsp3) is 0.378. The summed E-state index contributed by atoms with van der Waals surface area (Å²) < 4.78 is 41.5. The van der Waals surface area contributed by atoms with Crippen LogP contribution in [-0.2, 0) is 14.8 Å². The van der Waals surface area contributed by atoms with Gasteiger partial charge in [0, 0.05) is 79.9 Å². The molecule has 2 fully saturated rings. The lowest BCUT2D eigenvalue weighted by molar-refractivity contribution is -0.384. The number of nitro groups is 1. The molecule has 2 aromatic heterocycles. The lowest BCUT2D eigenvalue weighted by Gasteiger charge is -2.41. The topological polar surface area (TPSA) is 181 Å². The minimum absolute atomic E-state index is 0.0420. The van der Waals surface area contributed by atoms with Crippen LogP contribution in [0.15, 0.2) is 95.7 Å². The third-order valence-electron chi connectivity index (χ3n) is 12.0. The summed E-state index contributed by atoms with van der Waals surface area (Å²) in [6.45, 7) is 8.53. The highest BCUT2D eigenvalue weighted by molar-refractivity contribution is 7.90. The van der Waals surface area contributed by atoms with Crippen LogP contribution < -0.4 is 25.0 Å². The van der Waals surface area contributed by atoms with Crippen LogP contribution in [0, 0.1) is 21.4 Å². The van der Waals surface area contributed by atoms with Crippen LogP contribution in [0.2, 0.25) is 5.02 Å². The zero-order valence-electron chi connectivity index (χ0n) is 34.2. The van der Waals surface area contributed by atoms with E-state index >= 15 is 0 Å². The van der Waals surface area contributed by atoms with Gasteiger partial charge in [0.25, 0.3) is 21.6 Å². The quantitative estimate of drug-likeness (QED) is 0.0657. The molecule has 1 unspecified atom stereocenters. The number of piperazine rings is 1. The SMILES string of the molecule is CC1(C)CCC(CC2CNCCN2c2ccc(C(=O)NS(=O)(=O)c3ccc(NCC4CCOCC4)c([N+](=O)[O-])c3)c(Oc3cnc4[nH]ccc4c3)c2)=C(c2ccc(Cl)cc2)C1. The third kappa shape index (κ3) is 9.86. The molecule has 2 aliphatic heterocycles. The van der Waals surface area contributed by atoms with Crippen LogP contribution in [-0.4, -0.2) is 74.7 Å². The van der Waals surface area contributed by atoms with Gasteiger partial charge in [0.15, 0.2) is 0 Å². The number of hydrogen-bond donors (Lipinski definition) is 4. The van der Waals surface area contributed by atoms with E-state index in [-0.39, 0.29) is 34.4 Å². The summed E-state index contributed by atoms with van der Waals surface area (Å²) in [6, 6.07) is 20.5. The first-order valence-electron chi connectivity index (χ1n) is 20.7. The number of amides is 1. The number of carbonyl (C=O) groups is 1. The van der Waals surface area contributed by atoms with E-state index in [4.69, 9.17) is 21.1 Å². The standard InChI is InChI=1S/C45H50ClN7O7S/c1-45(2)15-11-31(39(25-45)30-3-5-33(46)6-4-30)21-35-27-47-17-18-52(35)34-7-9-38(42(23-34)60-36-22-32-12-16-48-43(32)50-28-36)44(54)51-61(57,58)37-8-10-40(41(24-37)53(55)56)49-26-29-13-19-59-20-14-29/h3-10,12,16,22-24,28-29,35,47,49H,11,13-15,17-21,25-27H2,1-2H3,(H,48,50)(H,51,54). The number of benzene rings is 3. The molecular weight excluding hydrogens is 818 g/mol. The normalized spacial score (nSPS) is 18.5. The average Bonchev–Trinajstić information content (AvgIpc) is 3.72. The number of hydrogen-bond acceptors (Lipinski definition) is 11. The lowest BCUT2D eigenvalue weighted by Crippen LogP contribution is -2.51. The van der Waals surface area contributed by atoms with Crippen LogP contribution in [0.1, 0.15) is 68.3 Å². The summed E-state index contributed by atoms with van der Waals surface area (Å²) in [5.74, 6) is -0.216. The van der Waals surface area contributed by atoms with E-state index in [1.807, 2.05) is 24.3 Å². The summed E-state index contributed by atoms with van der Waals surface area (Å²) in [6.07, 6.45) is 8.77. The number of sulfonamides is 1. The molecule has 0 spiro atoms. The Labute approximate surface area is 360 Å². The molecule has 2 saturated heterocycles. The first-order valence-corrected chi connectivity index (χ1v) is 22.5. The molecule has 3 aliphatic rings. The number of carbonyl (C=O) groups excluding carboxylic acids is 1. The average molecular weight is 868 g/mol. The molecular formula is C45H50ClN7O7S. The molecule has 0 radical (unpaired) electrons. The maximum absolute atomic E-state index is 14.1. The van der Waals surface area contributed by atoms with Crippen molar-refractivity contribution in [3.8, 4) is 11.5 Å². The maximum atomic E-state index is 14.1. The molecule has 4 N–H and O–H groups in total. The van der Waals surface area contributed by atoms with Crippen molar-refractivity contribution >= 4 is 61.2 Å². The number of allylic oxidation sites excluding steroid dienone is 1. The smallest absolute Gasteiger partial charge is 0.293 e. The van der Waals surface area contributed by atoms with Crippen molar-refractivity contribution in [1.29, 1.82) is 0 Å². The summed E-state index contributed by atoms with van der Waals surface area (Å²) in [4.78, 5) is 34.9. The molecule has 4 heterocycles. The Bertz CT molecular complexity index is 2570. The fourth-order valence-corrected chi connectivity index (χ4v) is 9.68. The molecule has 61 heavy (non-hydrogen) atoms. The summed E-state index contributed by atoms with van der Waals surface area (Å²) >= 11 is 6.28.